The van der Waals surface area contributed by atoms with Gasteiger partial charge in [-0.05, 0) is 18.6 Å². The van der Waals surface area contributed by atoms with E-state index in [0.717, 1.165) is 10.2 Å². The predicted molar refractivity (Wildman–Crippen MR) is 87.3 cm³/mol. The molecule has 2 aromatic carbocycles. The van der Waals surface area contributed by atoms with E-state index in [2.05, 4.69) is 5.10 Å². The van der Waals surface area contributed by atoms with Gasteiger partial charge in [-0.3, -0.25) is 4.79 Å². The molecule has 5 heteroatoms. The summed E-state index contributed by atoms with van der Waals surface area (Å²) in [7, 11) is 1.52. The smallest absolute Gasteiger partial charge is 0.360 e. The minimum atomic E-state index is -0.548. The molecule has 0 aliphatic heterocycles. The molecule has 1 atom stereocenters. The highest BCUT2D eigenvalue weighted by molar-refractivity contribution is 6.02. The Hall–Kier alpha value is -2.95. The fourth-order valence-corrected chi connectivity index (χ4v) is 2.46. The summed E-state index contributed by atoms with van der Waals surface area (Å²) in [6.07, 6.45) is -0.401. The summed E-state index contributed by atoms with van der Waals surface area (Å²) in [4.78, 5) is 24.6. The largest absolute Gasteiger partial charge is 0.453 e. The van der Waals surface area contributed by atoms with Gasteiger partial charge in [0.2, 0.25) is 0 Å². The Kier molecular flexibility index (Phi) is 3.93. The second kappa shape index (κ2) is 6.04. The fraction of sp³-hybridized carbons (Fsp3) is 0.167. The Morgan fingerprint density at radius 3 is 2.35 bits per heavy atom. The highest BCUT2D eigenvalue weighted by Gasteiger charge is 2.19. The molecule has 3 rings (SSSR count). The highest BCUT2D eigenvalue weighted by Crippen LogP contribution is 2.20. The minimum absolute atomic E-state index is 0.144. The number of fused-ring (bicyclic) bond motifs is 1. The van der Waals surface area contributed by atoms with Crippen LogP contribution in [0.15, 0.2) is 59.4 Å². The molecule has 1 unspecified atom stereocenters. The SMILES string of the molecule is CC(OC(=O)c1nn(C)c(=O)c2ccccc12)c1ccccc1. The molecule has 0 spiro atoms. The van der Waals surface area contributed by atoms with Crippen molar-refractivity contribution in [2.24, 2.45) is 7.05 Å². The van der Waals surface area contributed by atoms with Crippen molar-refractivity contribution < 1.29 is 9.53 Å². The molecule has 5 nitrogen and oxygen atoms in total. The lowest BCUT2D eigenvalue weighted by Crippen LogP contribution is -2.24. The monoisotopic (exact) mass is 308 g/mol. The Morgan fingerprint density at radius 2 is 1.65 bits per heavy atom. The van der Waals surface area contributed by atoms with Crippen LogP contribution in [0.5, 0.6) is 0 Å². The van der Waals surface area contributed by atoms with E-state index in [1.54, 1.807) is 31.2 Å². The lowest BCUT2D eigenvalue weighted by atomic mass is 10.1. The summed E-state index contributed by atoms with van der Waals surface area (Å²) in [6, 6.07) is 16.4. The first-order valence-electron chi connectivity index (χ1n) is 7.30. The number of carbonyl (C=O) groups excluding carboxylic acids is 1. The average molecular weight is 308 g/mol. The zero-order valence-electron chi connectivity index (χ0n) is 12.9. The molecule has 0 N–H and O–H groups in total. The molecule has 0 saturated heterocycles. The van der Waals surface area contributed by atoms with Crippen LogP contribution < -0.4 is 5.56 Å². The normalized spacial score (nSPS) is 12.1. The molecule has 1 heterocycles. The Balaban J connectivity index is 1.99. The third-order valence-corrected chi connectivity index (χ3v) is 3.70. The minimum Gasteiger partial charge on any atom is -0.453 e. The maximum absolute atomic E-state index is 12.5. The molecule has 0 fully saturated rings. The van der Waals surface area contributed by atoms with Crippen LogP contribution in [0.25, 0.3) is 10.8 Å². The maximum atomic E-state index is 12.5. The van der Waals surface area contributed by atoms with Crippen molar-refractivity contribution in [1.29, 1.82) is 0 Å². The summed E-state index contributed by atoms with van der Waals surface area (Å²) in [5, 5.41) is 5.03. The molecule has 0 amide bonds. The van der Waals surface area contributed by atoms with Crippen LogP contribution in [-0.4, -0.2) is 15.7 Å². The van der Waals surface area contributed by atoms with Crippen molar-refractivity contribution in [3.63, 3.8) is 0 Å². The number of nitrogens with zero attached hydrogens (tertiary/aromatic N) is 2. The van der Waals surface area contributed by atoms with Gasteiger partial charge in [0.25, 0.3) is 5.56 Å². The molecule has 3 aromatic rings. The van der Waals surface area contributed by atoms with E-state index in [1.807, 2.05) is 30.3 Å². The van der Waals surface area contributed by atoms with Gasteiger partial charge >= 0.3 is 5.97 Å². The van der Waals surface area contributed by atoms with Crippen LogP contribution in [0.2, 0.25) is 0 Å². The molecule has 0 aliphatic rings. The number of hydrogen-bond donors (Lipinski definition) is 0. The Morgan fingerprint density at radius 1 is 1.04 bits per heavy atom. The molecule has 0 saturated carbocycles. The van der Waals surface area contributed by atoms with Gasteiger partial charge in [-0.2, -0.15) is 5.10 Å². The van der Waals surface area contributed by atoms with Crippen LogP contribution in [0.3, 0.4) is 0 Å². The van der Waals surface area contributed by atoms with Gasteiger partial charge in [-0.25, -0.2) is 9.48 Å². The van der Waals surface area contributed by atoms with Crippen molar-refractivity contribution in [3.8, 4) is 0 Å². The van der Waals surface area contributed by atoms with Gasteiger partial charge in [-0.15, -0.1) is 0 Å². The van der Waals surface area contributed by atoms with Gasteiger partial charge < -0.3 is 4.74 Å². The molecule has 0 aliphatic carbocycles. The number of esters is 1. The average Bonchev–Trinajstić information content (AvgIpc) is 2.58. The fourth-order valence-electron chi connectivity index (χ4n) is 2.46. The number of rotatable bonds is 3. The van der Waals surface area contributed by atoms with Crippen LogP contribution in [0.4, 0.5) is 0 Å². The van der Waals surface area contributed by atoms with E-state index in [1.165, 1.54) is 7.05 Å². The lowest BCUT2D eigenvalue weighted by molar-refractivity contribution is 0.0331. The molecule has 116 valence electrons. The summed E-state index contributed by atoms with van der Waals surface area (Å²) in [6.45, 7) is 1.80. The third-order valence-electron chi connectivity index (χ3n) is 3.70. The number of aromatic nitrogens is 2. The Labute approximate surface area is 133 Å². The lowest BCUT2D eigenvalue weighted by Gasteiger charge is -2.14. The van der Waals surface area contributed by atoms with E-state index in [9.17, 15) is 9.59 Å². The quantitative estimate of drug-likeness (QED) is 0.698. The number of hydrogen-bond acceptors (Lipinski definition) is 4. The zero-order chi connectivity index (χ0) is 16.4. The first-order chi connectivity index (χ1) is 11.1. The van der Waals surface area contributed by atoms with Crippen molar-refractivity contribution in [3.05, 3.63) is 76.2 Å². The summed E-state index contributed by atoms with van der Waals surface area (Å²) < 4.78 is 6.67. The topological polar surface area (TPSA) is 61.2 Å². The first kappa shape index (κ1) is 15.0. The molecule has 0 radical (unpaired) electrons. The summed E-state index contributed by atoms with van der Waals surface area (Å²) in [5.41, 5.74) is 0.800. The number of ether oxygens (including phenoxy) is 1. The first-order valence-corrected chi connectivity index (χ1v) is 7.30. The Bertz CT molecular complexity index is 916. The second-order valence-electron chi connectivity index (χ2n) is 5.28. The predicted octanol–water partition coefficient (Wildman–Crippen LogP) is 2.85. The van der Waals surface area contributed by atoms with Gasteiger partial charge in [0, 0.05) is 12.4 Å². The van der Waals surface area contributed by atoms with Crippen LogP contribution in [0, 0.1) is 0 Å². The highest BCUT2D eigenvalue weighted by atomic mass is 16.5. The number of benzene rings is 2. The third kappa shape index (κ3) is 2.85. The van der Waals surface area contributed by atoms with Crippen molar-refractivity contribution in [1.82, 2.24) is 9.78 Å². The van der Waals surface area contributed by atoms with Crippen molar-refractivity contribution in [2.75, 3.05) is 0 Å². The molecule has 0 bridgehead atoms. The zero-order valence-corrected chi connectivity index (χ0v) is 12.9. The van der Waals surface area contributed by atoms with E-state index in [-0.39, 0.29) is 11.3 Å². The van der Waals surface area contributed by atoms with Gasteiger partial charge in [-0.1, -0.05) is 48.5 Å². The molecule has 1 aromatic heterocycles. The van der Waals surface area contributed by atoms with Gasteiger partial charge in [0.1, 0.15) is 6.10 Å². The van der Waals surface area contributed by atoms with Gasteiger partial charge in [0.15, 0.2) is 5.69 Å². The van der Waals surface area contributed by atoms with Crippen molar-refractivity contribution >= 4 is 16.7 Å². The van der Waals surface area contributed by atoms with E-state index < -0.39 is 12.1 Å². The summed E-state index contributed by atoms with van der Waals surface area (Å²) >= 11 is 0. The van der Waals surface area contributed by atoms with Crippen LogP contribution in [0.1, 0.15) is 29.1 Å². The van der Waals surface area contributed by atoms with Crippen LogP contribution >= 0.6 is 0 Å². The molecular weight excluding hydrogens is 292 g/mol. The van der Waals surface area contributed by atoms with Gasteiger partial charge in [0.05, 0.1) is 5.39 Å². The maximum Gasteiger partial charge on any atom is 0.360 e. The summed E-state index contributed by atoms with van der Waals surface area (Å²) in [5.74, 6) is -0.548. The van der Waals surface area contributed by atoms with Crippen molar-refractivity contribution in [2.45, 2.75) is 13.0 Å². The van der Waals surface area contributed by atoms with E-state index in [0.29, 0.717) is 10.8 Å². The van der Waals surface area contributed by atoms with E-state index >= 15 is 0 Å². The molecule has 23 heavy (non-hydrogen) atoms. The van der Waals surface area contributed by atoms with E-state index in [4.69, 9.17) is 4.74 Å². The number of carbonyl (C=O) groups is 1. The van der Waals surface area contributed by atoms with Crippen LogP contribution in [-0.2, 0) is 11.8 Å². The number of aryl methyl sites for hydroxylation is 1. The standard InChI is InChI=1S/C18H16N2O3/c1-12(13-8-4-3-5-9-13)23-18(22)16-14-10-6-7-11-15(14)17(21)20(2)19-16/h3-12H,1-2H3. The second-order valence-corrected chi connectivity index (χ2v) is 5.28. The molecular formula is C18H16N2O3.